The van der Waals surface area contributed by atoms with Gasteiger partial charge in [0, 0.05) is 11.1 Å². The van der Waals surface area contributed by atoms with Crippen molar-refractivity contribution in [2.45, 2.75) is 20.0 Å². The van der Waals surface area contributed by atoms with Gasteiger partial charge in [0.2, 0.25) is 0 Å². The number of hydrogen-bond acceptors (Lipinski definition) is 6. The SMILES string of the molecule is CCCOc1ccc(C(=O)N/N=C/c2ccccc2OCc2ccc(C(=O)O)cc2)cc1OC. The van der Waals surface area contributed by atoms with E-state index < -0.39 is 11.9 Å². The van der Waals surface area contributed by atoms with E-state index in [1.54, 1.807) is 42.5 Å². The van der Waals surface area contributed by atoms with Crippen LogP contribution in [0.4, 0.5) is 0 Å². The van der Waals surface area contributed by atoms with Crippen LogP contribution in [-0.4, -0.2) is 36.9 Å². The molecule has 0 aliphatic heterocycles. The predicted molar refractivity (Wildman–Crippen MR) is 128 cm³/mol. The number of nitrogens with one attached hydrogen (secondary N) is 1. The number of carbonyl (C=O) groups excluding carboxylic acids is 1. The quantitative estimate of drug-likeness (QED) is 0.320. The van der Waals surface area contributed by atoms with Gasteiger partial charge in [-0.2, -0.15) is 5.10 Å². The third-order valence-corrected chi connectivity index (χ3v) is 4.77. The summed E-state index contributed by atoms with van der Waals surface area (Å²) >= 11 is 0. The lowest BCUT2D eigenvalue weighted by Crippen LogP contribution is -2.17. The summed E-state index contributed by atoms with van der Waals surface area (Å²) < 4.78 is 16.8. The lowest BCUT2D eigenvalue weighted by Gasteiger charge is -2.11. The Kier molecular flexibility index (Phi) is 8.62. The zero-order valence-electron chi connectivity index (χ0n) is 19.0. The maximum absolute atomic E-state index is 12.5. The van der Waals surface area contributed by atoms with Crippen LogP contribution >= 0.6 is 0 Å². The van der Waals surface area contributed by atoms with Crippen LogP contribution in [0.1, 0.15) is 45.2 Å². The van der Waals surface area contributed by atoms with Crippen LogP contribution in [-0.2, 0) is 6.61 Å². The smallest absolute Gasteiger partial charge is 0.335 e. The average molecular weight is 463 g/mol. The number of rotatable bonds is 11. The molecule has 34 heavy (non-hydrogen) atoms. The molecule has 0 saturated heterocycles. The van der Waals surface area contributed by atoms with Crippen molar-refractivity contribution in [3.8, 4) is 17.2 Å². The number of carboxylic acid groups (broad SMARTS) is 1. The molecule has 0 spiro atoms. The van der Waals surface area contributed by atoms with Gasteiger partial charge in [-0.05, 0) is 54.4 Å². The molecule has 0 bridgehead atoms. The van der Waals surface area contributed by atoms with Gasteiger partial charge >= 0.3 is 5.97 Å². The molecule has 3 rings (SSSR count). The molecule has 0 atom stereocenters. The molecule has 0 aliphatic carbocycles. The van der Waals surface area contributed by atoms with Crippen molar-refractivity contribution in [2.24, 2.45) is 5.10 Å². The number of amides is 1. The van der Waals surface area contributed by atoms with Gasteiger partial charge < -0.3 is 19.3 Å². The maximum atomic E-state index is 12.5. The van der Waals surface area contributed by atoms with Crippen molar-refractivity contribution < 1.29 is 28.9 Å². The summed E-state index contributed by atoms with van der Waals surface area (Å²) in [4.78, 5) is 23.5. The molecule has 1 amide bonds. The summed E-state index contributed by atoms with van der Waals surface area (Å²) in [6, 6.07) is 18.6. The highest BCUT2D eigenvalue weighted by atomic mass is 16.5. The van der Waals surface area contributed by atoms with Crippen molar-refractivity contribution >= 4 is 18.1 Å². The highest BCUT2D eigenvalue weighted by Gasteiger charge is 2.11. The Hall–Kier alpha value is -4.33. The summed E-state index contributed by atoms with van der Waals surface area (Å²) in [6.45, 7) is 2.82. The van der Waals surface area contributed by atoms with Gasteiger partial charge in [-0.3, -0.25) is 4.79 Å². The third kappa shape index (κ3) is 6.59. The molecule has 0 aromatic heterocycles. The monoisotopic (exact) mass is 462 g/mol. The van der Waals surface area contributed by atoms with Crippen LogP contribution in [0.5, 0.6) is 17.2 Å². The highest BCUT2D eigenvalue weighted by molar-refractivity contribution is 5.95. The molecule has 0 fully saturated rings. The van der Waals surface area contributed by atoms with E-state index in [1.165, 1.54) is 25.5 Å². The molecule has 8 heteroatoms. The van der Waals surface area contributed by atoms with Crippen LogP contribution in [0.2, 0.25) is 0 Å². The lowest BCUT2D eigenvalue weighted by molar-refractivity contribution is 0.0696. The molecular weight excluding hydrogens is 436 g/mol. The molecular formula is C26H26N2O6. The van der Waals surface area contributed by atoms with Gasteiger partial charge in [-0.25, -0.2) is 10.2 Å². The second-order valence-corrected chi connectivity index (χ2v) is 7.24. The number of benzene rings is 3. The number of ether oxygens (including phenoxy) is 3. The second-order valence-electron chi connectivity index (χ2n) is 7.24. The van der Waals surface area contributed by atoms with Crippen molar-refractivity contribution in [1.82, 2.24) is 5.43 Å². The summed E-state index contributed by atoms with van der Waals surface area (Å²) in [6.07, 6.45) is 2.36. The fraction of sp³-hybridized carbons (Fsp3) is 0.192. The molecule has 0 radical (unpaired) electrons. The molecule has 0 unspecified atom stereocenters. The predicted octanol–water partition coefficient (Wildman–Crippen LogP) is 4.53. The maximum Gasteiger partial charge on any atom is 0.335 e. The standard InChI is InChI=1S/C26H26N2O6/c1-3-14-33-23-13-12-20(15-24(23)32-2)25(29)28-27-16-21-6-4-5-7-22(21)34-17-18-8-10-19(11-9-18)26(30)31/h4-13,15-16H,3,14,17H2,1-2H3,(H,28,29)(H,30,31)/b27-16+. The number of methoxy groups -OCH3 is 1. The van der Waals surface area contributed by atoms with Crippen molar-refractivity contribution in [3.63, 3.8) is 0 Å². The van der Waals surface area contributed by atoms with E-state index in [9.17, 15) is 9.59 Å². The second kappa shape index (κ2) is 12.1. The Balaban J connectivity index is 1.62. The van der Waals surface area contributed by atoms with Gasteiger partial charge in [-0.1, -0.05) is 31.2 Å². The molecule has 8 nitrogen and oxygen atoms in total. The van der Waals surface area contributed by atoms with E-state index in [2.05, 4.69) is 10.5 Å². The van der Waals surface area contributed by atoms with Crippen molar-refractivity contribution in [2.75, 3.05) is 13.7 Å². The van der Waals surface area contributed by atoms with Gasteiger partial charge in [0.25, 0.3) is 5.91 Å². The van der Waals surface area contributed by atoms with Crippen LogP contribution in [0.15, 0.2) is 71.8 Å². The molecule has 0 aliphatic rings. The van der Waals surface area contributed by atoms with E-state index in [0.29, 0.717) is 35.0 Å². The minimum Gasteiger partial charge on any atom is -0.493 e. The van der Waals surface area contributed by atoms with Gasteiger partial charge in [-0.15, -0.1) is 0 Å². The average Bonchev–Trinajstić information content (AvgIpc) is 2.86. The topological polar surface area (TPSA) is 106 Å². The molecule has 176 valence electrons. The first kappa shape index (κ1) is 24.3. The van der Waals surface area contributed by atoms with Crippen LogP contribution < -0.4 is 19.6 Å². The highest BCUT2D eigenvalue weighted by Crippen LogP contribution is 2.28. The Morgan fingerprint density at radius 3 is 2.38 bits per heavy atom. The molecule has 0 saturated carbocycles. The number of hydrogen-bond donors (Lipinski definition) is 2. The molecule has 3 aromatic carbocycles. The van der Waals surface area contributed by atoms with Crippen LogP contribution in [0.3, 0.4) is 0 Å². The minimum absolute atomic E-state index is 0.216. The fourth-order valence-electron chi connectivity index (χ4n) is 2.99. The molecule has 0 heterocycles. The van der Waals surface area contributed by atoms with Crippen LogP contribution in [0, 0.1) is 0 Å². The number of para-hydroxylation sites is 1. The van der Waals surface area contributed by atoms with E-state index >= 15 is 0 Å². The summed E-state index contributed by atoms with van der Waals surface area (Å²) in [5.74, 6) is 0.249. The van der Waals surface area contributed by atoms with Gasteiger partial charge in [0.05, 0.1) is 25.5 Å². The van der Waals surface area contributed by atoms with E-state index in [-0.39, 0.29) is 12.2 Å². The molecule has 3 aromatic rings. The van der Waals surface area contributed by atoms with Gasteiger partial charge in [0.1, 0.15) is 12.4 Å². The van der Waals surface area contributed by atoms with Crippen molar-refractivity contribution in [3.05, 3.63) is 89.0 Å². The first-order valence-corrected chi connectivity index (χ1v) is 10.7. The zero-order valence-corrected chi connectivity index (χ0v) is 19.0. The summed E-state index contributed by atoms with van der Waals surface area (Å²) in [5, 5.41) is 13.0. The Bertz CT molecular complexity index is 1160. The number of aromatic carboxylic acids is 1. The first-order valence-electron chi connectivity index (χ1n) is 10.7. The number of hydrazone groups is 1. The van der Waals surface area contributed by atoms with E-state index in [4.69, 9.17) is 19.3 Å². The Morgan fingerprint density at radius 2 is 1.68 bits per heavy atom. The largest absolute Gasteiger partial charge is 0.493 e. The van der Waals surface area contributed by atoms with E-state index in [1.807, 2.05) is 19.1 Å². The van der Waals surface area contributed by atoms with Crippen molar-refractivity contribution in [1.29, 1.82) is 0 Å². The zero-order chi connectivity index (χ0) is 24.3. The Labute approximate surface area is 197 Å². The Morgan fingerprint density at radius 1 is 0.941 bits per heavy atom. The van der Waals surface area contributed by atoms with Crippen LogP contribution in [0.25, 0.3) is 0 Å². The lowest BCUT2D eigenvalue weighted by atomic mass is 10.1. The number of nitrogens with zero attached hydrogens (tertiary/aromatic N) is 1. The fourth-order valence-corrected chi connectivity index (χ4v) is 2.99. The van der Waals surface area contributed by atoms with Gasteiger partial charge in [0.15, 0.2) is 11.5 Å². The summed E-state index contributed by atoms with van der Waals surface area (Å²) in [7, 11) is 1.52. The molecule has 2 N–H and O–H groups in total. The first-order chi connectivity index (χ1) is 16.5. The normalized spacial score (nSPS) is 10.6. The minimum atomic E-state index is -0.977. The summed E-state index contributed by atoms with van der Waals surface area (Å²) in [5.41, 5.74) is 4.60. The third-order valence-electron chi connectivity index (χ3n) is 4.77. The number of carbonyl (C=O) groups is 2. The van der Waals surface area contributed by atoms with E-state index in [0.717, 1.165) is 12.0 Å². The number of carboxylic acids is 1.